The zero-order valence-electron chi connectivity index (χ0n) is 12.5. The van der Waals surface area contributed by atoms with Crippen molar-refractivity contribution in [3.8, 4) is 0 Å². The molecule has 1 aromatic heterocycles. The monoisotopic (exact) mass is 298 g/mol. The fourth-order valence-electron chi connectivity index (χ4n) is 2.57. The third kappa shape index (κ3) is 2.72. The molecule has 0 saturated heterocycles. The molecule has 0 radical (unpaired) electrons. The molecule has 2 amide bonds. The fourth-order valence-corrected chi connectivity index (χ4v) is 2.57. The minimum atomic E-state index is -0.366. The average Bonchev–Trinajstić information content (AvgIpc) is 3.13. The second kappa shape index (κ2) is 5.63. The van der Waals surface area contributed by atoms with Crippen LogP contribution in [0.25, 0.3) is 0 Å². The summed E-state index contributed by atoms with van der Waals surface area (Å²) in [6, 6.07) is 7.07. The van der Waals surface area contributed by atoms with Gasteiger partial charge in [-0.15, -0.1) is 0 Å². The lowest BCUT2D eigenvalue weighted by Crippen LogP contribution is -2.33. The van der Waals surface area contributed by atoms with Gasteiger partial charge in [-0.05, 0) is 37.1 Å². The zero-order valence-corrected chi connectivity index (χ0v) is 12.5. The van der Waals surface area contributed by atoms with Crippen LogP contribution in [-0.4, -0.2) is 21.6 Å². The average molecular weight is 298 g/mol. The van der Waals surface area contributed by atoms with Crippen LogP contribution in [0.3, 0.4) is 0 Å². The molecular formula is C16H18N4O2. The van der Waals surface area contributed by atoms with Gasteiger partial charge in [0, 0.05) is 18.1 Å². The highest BCUT2D eigenvalue weighted by Crippen LogP contribution is 2.26. The van der Waals surface area contributed by atoms with Gasteiger partial charge in [0.25, 0.3) is 0 Å². The third-order valence-corrected chi connectivity index (χ3v) is 3.91. The number of hydrogen-bond acceptors (Lipinski definition) is 3. The maximum atomic E-state index is 12.3. The van der Waals surface area contributed by atoms with E-state index in [2.05, 4.69) is 15.7 Å². The summed E-state index contributed by atoms with van der Waals surface area (Å²) in [5.41, 5.74) is 2.82. The van der Waals surface area contributed by atoms with Crippen molar-refractivity contribution in [2.24, 2.45) is 0 Å². The Kier molecular flexibility index (Phi) is 3.66. The van der Waals surface area contributed by atoms with Crippen molar-refractivity contribution in [2.45, 2.75) is 32.4 Å². The molecule has 2 aromatic rings. The third-order valence-electron chi connectivity index (χ3n) is 3.91. The number of hydrogen-bond donors (Lipinski definition) is 2. The SMILES string of the molecule is CC(NC(=O)C(C)n1cccn1)c1ccc2c(c1)CC(=O)N2. The molecule has 0 aliphatic carbocycles. The Morgan fingerprint density at radius 2 is 2.23 bits per heavy atom. The molecule has 22 heavy (non-hydrogen) atoms. The number of fused-ring (bicyclic) bond motifs is 1. The Morgan fingerprint density at radius 1 is 1.41 bits per heavy atom. The van der Waals surface area contributed by atoms with Gasteiger partial charge in [0.2, 0.25) is 11.8 Å². The van der Waals surface area contributed by atoms with E-state index in [9.17, 15) is 9.59 Å². The second-order valence-corrected chi connectivity index (χ2v) is 5.53. The predicted octanol–water partition coefficient (Wildman–Crippen LogP) is 1.82. The van der Waals surface area contributed by atoms with Crippen molar-refractivity contribution in [3.63, 3.8) is 0 Å². The van der Waals surface area contributed by atoms with Crippen molar-refractivity contribution >= 4 is 17.5 Å². The van der Waals surface area contributed by atoms with Crippen LogP contribution in [0.4, 0.5) is 5.69 Å². The number of carbonyl (C=O) groups excluding carboxylic acids is 2. The summed E-state index contributed by atoms with van der Waals surface area (Å²) < 4.78 is 1.62. The van der Waals surface area contributed by atoms with Crippen LogP contribution < -0.4 is 10.6 Å². The number of carbonyl (C=O) groups is 2. The van der Waals surface area contributed by atoms with E-state index in [0.717, 1.165) is 16.8 Å². The fraction of sp³-hybridized carbons (Fsp3) is 0.312. The van der Waals surface area contributed by atoms with Crippen molar-refractivity contribution in [2.75, 3.05) is 5.32 Å². The van der Waals surface area contributed by atoms with E-state index in [1.54, 1.807) is 30.1 Å². The molecule has 2 N–H and O–H groups in total. The number of nitrogens with zero attached hydrogens (tertiary/aromatic N) is 2. The van der Waals surface area contributed by atoms with Gasteiger partial charge in [0.05, 0.1) is 12.5 Å². The van der Waals surface area contributed by atoms with Crippen LogP contribution in [0.5, 0.6) is 0 Å². The van der Waals surface area contributed by atoms with Crippen molar-refractivity contribution in [3.05, 3.63) is 47.8 Å². The van der Waals surface area contributed by atoms with E-state index >= 15 is 0 Å². The van der Waals surface area contributed by atoms with Gasteiger partial charge in [-0.3, -0.25) is 14.3 Å². The summed E-state index contributed by atoms with van der Waals surface area (Å²) in [7, 11) is 0. The Hall–Kier alpha value is -2.63. The van der Waals surface area contributed by atoms with E-state index in [4.69, 9.17) is 0 Å². The molecule has 1 aliphatic rings. The Balaban J connectivity index is 1.70. The van der Waals surface area contributed by atoms with Crippen LogP contribution in [0.15, 0.2) is 36.7 Å². The first-order valence-corrected chi connectivity index (χ1v) is 7.27. The summed E-state index contributed by atoms with van der Waals surface area (Å²) in [5, 5.41) is 9.87. The first-order chi connectivity index (χ1) is 10.5. The molecule has 114 valence electrons. The molecular weight excluding hydrogens is 280 g/mol. The van der Waals surface area contributed by atoms with Crippen LogP contribution >= 0.6 is 0 Å². The number of aromatic nitrogens is 2. The quantitative estimate of drug-likeness (QED) is 0.904. The molecule has 0 bridgehead atoms. The molecule has 2 unspecified atom stereocenters. The van der Waals surface area contributed by atoms with E-state index < -0.39 is 0 Å². The summed E-state index contributed by atoms with van der Waals surface area (Å²) in [6.45, 7) is 3.74. The minimum absolute atomic E-state index is 0.0103. The van der Waals surface area contributed by atoms with Crippen LogP contribution in [0.2, 0.25) is 0 Å². The van der Waals surface area contributed by atoms with Crippen LogP contribution in [0, 0.1) is 0 Å². The molecule has 0 saturated carbocycles. The number of anilines is 1. The summed E-state index contributed by atoms with van der Waals surface area (Å²) in [6.07, 6.45) is 3.81. The molecule has 1 aliphatic heterocycles. The highest BCUT2D eigenvalue weighted by Gasteiger charge is 2.21. The number of rotatable bonds is 4. The topological polar surface area (TPSA) is 76.0 Å². The highest BCUT2D eigenvalue weighted by atomic mass is 16.2. The van der Waals surface area contributed by atoms with Crippen molar-refractivity contribution in [1.29, 1.82) is 0 Å². The maximum absolute atomic E-state index is 12.3. The lowest BCUT2D eigenvalue weighted by Gasteiger charge is -2.18. The number of amides is 2. The molecule has 2 atom stereocenters. The zero-order chi connectivity index (χ0) is 15.7. The normalized spacial score (nSPS) is 15.8. The lowest BCUT2D eigenvalue weighted by molar-refractivity contribution is -0.124. The summed E-state index contributed by atoms with van der Waals surface area (Å²) in [5.74, 6) is -0.0814. The first kappa shape index (κ1) is 14.3. The molecule has 1 aromatic carbocycles. The van der Waals surface area contributed by atoms with Gasteiger partial charge in [-0.25, -0.2) is 0 Å². The van der Waals surface area contributed by atoms with Crippen LogP contribution in [-0.2, 0) is 16.0 Å². The predicted molar refractivity (Wildman–Crippen MR) is 82.3 cm³/mol. The van der Waals surface area contributed by atoms with Gasteiger partial charge >= 0.3 is 0 Å². The highest BCUT2D eigenvalue weighted by molar-refractivity contribution is 5.99. The lowest BCUT2D eigenvalue weighted by atomic mass is 10.0. The van der Waals surface area contributed by atoms with E-state index in [1.807, 2.05) is 25.1 Å². The Morgan fingerprint density at radius 3 is 2.95 bits per heavy atom. The largest absolute Gasteiger partial charge is 0.348 e. The van der Waals surface area contributed by atoms with Crippen molar-refractivity contribution in [1.82, 2.24) is 15.1 Å². The van der Waals surface area contributed by atoms with Crippen molar-refractivity contribution < 1.29 is 9.59 Å². The smallest absolute Gasteiger partial charge is 0.245 e. The summed E-state index contributed by atoms with van der Waals surface area (Å²) >= 11 is 0. The number of benzene rings is 1. The van der Waals surface area contributed by atoms with Gasteiger partial charge in [-0.1, -0.05) is 12.1 Å². The van der Waals surface area contributed by atoms with E-state index in [-0.39, 0.29) is 23.9 Å². The molecule has 0 spiro atoms. The van der Waals surface area contributed by atoms with Gasteiger partial charge in [0.1, 0.15) is 6.04 Å². The van der Waals surface area contributed by atoms with Gasteiger partial charge in [0.15, 0.2) is 0 Å². The minimum Gasteiger partial charge on any atom is -0.348 e. The first-order valence-electron chi connectivity index (χ1n) is 7.27. The molecule has 0 fully saturated rings. The van der Waals surface area contributed by atoms with E-state index in [0.29, 0.717) is 6.42 Å². The molecule has 6 nitrogen and oxygen atoms in total. The van der Waals surface area contributed by atoms with Gasteiger partial charge < -0.3 is 10.6 Å². The maximum Gasteiger partial charge on any atom is 0.245 e. The number of nitrogens with one attached hydrogen (secondary N) is 2. The standard InChI is InChI=1S/C16H18N4O2/c1-10(18-16(22)11(2)20-7-3-6-17-20)12-4-5-14-13(8-12)9-15(21)19-14/h3-8,10-11H,9H2,1-2H3,(H,18,22)(H,19,21). The van der Waals surface area contributed by atoms with Crippen LogP contribution in [0.1, 0.15) is 37.1 Å². The Bertz CT molecular complexity index is 709. The molecule has 2 heterocycles. The molecule has 6 heteroatoms. The Labute approximate surface area is 128 Å². The second-order valence-electron chi connectivity index (χ2n) is 5.53. The summed E-state index contributed by atoms with van der Waals surface area (Å²) in [4.78, 5) is 23.7. The molecule has 3 rings (SSSR count). The van der Waals surface area contributed by atoms with Gasteiger partial charge in [-0.2, -0.15) is 5.10 Å². The van der Waals surface area contributed by atoms with E-state index in [1.165, 1.54) is 0 Å².